The van der Waals surface area contributed by atoms with E-state index >= 15 is 0 Å². The van der Waals surface area contributed by atoms with E-state index in [1.54, 1.807) is 0 Å². The number of fused-ring (bicyclic) bond motifs is 1. The minimum Gasteiger partial charge on any atom is -0.392 e. The van der Waals surface area contributed by atoms with Gasteiger partial charge in [-0.1, -0.05) is 24.6 Å². The first-order valence-corrected chi connectivity index (χ1v) is 6.37. The van der Waals surface area contributed by atoms with Crippen molar-refractivity contribution >= 4 is 22.6 Å². The summed E-state index contributed by atoms with van der Waals surface area (Å²) >= 11 is 6.04. The van der Waals surface area contributed by atoms with Gasteiger partial charge in [0.15, 0.2) is 0 Å². The maximum Gasteiger partial charge on any atom is 0.145 e. The first kappa shape index (κ1) is 11.7. The normalized spacial score (nSPS) is 23.6. The quantitative estimate of drug-likeness (QED) is 0.669. The summed E-state index contributed by atoms with van der Waals surface area (Å²) in [4.78, 5) is 8.28. The van der Waals surface area contributed by atoms with Crippen LogP contribution in [0.5, 0.6) is 0 Å². The molecule has 1 aliphatic carbocycles. The van der Waals surface area contributed by atoms with Crippen LogP contribution in [-0.4, -0.2) is 26.2 Å². The Morgan fingerprint density at radius 2 is 2.33 bits per heavy atom. The lowest BCUT2D eigenvalue weighted by Crippen LogP contribution is -2.05. The van der Waals surface area contributed by atoms with Gasteiger partial charge in [-0.3, -0.25) is 0 Å². The number of aliphatic hydroxyl groups excluding tert-OH is 1. The molecular weight excluding hydrogens is 250 g/mol. The average molecular weight is 264 g/mol. The van der Waals surface area contributed by atoms with E-state index in [4.69, 9.17) is 11.6 Å². The van der Waals surface area contributed by atoms with Crippen molar-refractivity contribution in [2.24, 2.45) is 5.92 Å². The molecule has 2 heterocycles. The van der Waals surface area contributed by atoms with E-state index in [0.717, 1.165) is 23.0 Å². The highest BCUT2D eigenvalue weighted by molar-refractivity contribution is 6.33. The lowest BCUT2D eigenvalue weighted by Gasteiger charge is -2.12. The van der Waals surface area contributed by atoms with Gasteiger partial charge < -0.3 is 9.67 Å². The predicted octanol–water partition coefficient (Wildman–Crippen LogP) is 2.58. The van der Waals surface area contributed by atoms with Crippen LogP contribution in [0.1, 0.15) is 19.4 Å². The second-order valence-electron chi connectivity index (χ2n) is 4.73. The van der Waals surface area contributed by atoms with Crippen molar-refractivity contribution in [3.05, 3.63) is 35.4 Å². The molecule has 3 rings (SSSR count). The average Bonchev–Trinajstić information content (AvgIpc) is 2.93. The van der Waals surface area contributed by atoms with Crippen molar-refractivity contribution in [3.8, 4) is 0 Å². The molecule has 2 aromatic rings. The molecular formula is C13H14ClN3O. The maximum atomic E-state index is 9.28. The molecule has 0 spiro atoms. The van der Waals surface area contributed by atoms with Crippen LogP contribution in [0.4, 0.5) is 0 Å². The lowest BCUT2D eigenvalue weighted by molar-refractivity contribution is 0.318. The van der Waals surface area contributed by atoms with E-state index in [2.05, 4.69) is 27.5 Å². The van der Waals surface area contributed by atoms with E-state index in [0.29, 0.717) is 11.1 Å². The zero-order valence-corrected chi connectivity index (χ0v) is 10.8. The van der Waals surface area contributed by atoms with Gasteiger partial charge in [0.05, 0.1) is 18.0 Å². The molecule has 2 aromatic heterocycles. The first-order valence-electron chi connectivity index (χ1n) is 5.99. The predicted molar refractivity (Wildman–Crippen MR) is 70.5 cm³/mol. The van der Waals surface area contributed by atoms with Gasteiger partial charge >= 0.3 is 0 Å². The fourth-order valence-corrected chi connectivity index (χ4v) is 2.79. The van der Waals surface area contributed by atoms with E-state index < -0.39 is 0 Å². The second-order valence-corrected chi connectivity index (χ2v) is 5.09. The Morgan fingerprint density at radius 3 is 3.06 bits per heavy atom. The molecule has 2 unspecified atom stereocenters. The Bertz CT molecular complexity index is 620. The number of hydrogen-bond acceptors (Lipinski definition) is 3. The number of allylic oxidation sites excluding steroid dienone is 1. The van der Waals surface area contributed by atoms with Gasteiger partial charge in [0.1, 0.15) is 17.1 Å². The van der Waals surface area contributed by atoms with Gasteiger partial charge in [-0.25, -0.2) is 9.97 Å². The summed E-state index contributed by atoms with van der Waals surface area (Å²) in [6.07, 6.45) is 6.58. The number of aromatic nitrogens is 3. The summed E-state index contributed by atoms with van der Waals surface area (Å²) in [6, 6.07) is 2.18. The molecule has 18 heavy (non-hydrogen) atoms. The van der Waals surface area contributed by atoms with Gasteiger partial charge in [0.25, 0.3) is 0 Å². The third-order valence-electron chi connectivity index (χ3n) is 3.63. The third-order valence-corrected chi connectivity index (χ3v) is 3.94. The standard InChI is InChI=1S/C13H14ClN3O/c1-8-4-10(5-9(8)6-18)17-3-2-11-12(14)15-7-16-13(11)17/h2-3,5,7-8,10,18H,4,6H2,1H3. The summed E-state index contributed by atoms with van der Waals surface area (Å²) in [6.45, 7) is 2.27. The molecule has 0 saturated heterocycles. The molecule has 0 radical (unpaired) electrons. The Morgan fingerprint density at radius 1 is 1.50 bits per heavy atom. The van der Waals surface area contributed by atoms with Crippen molar-refractivity contribution in [1.29, 1.82) is 0 Å². The van der Waals surface area contributed by atoms with Crippen LogP contribution in [0.3, 0.4) is 0 Å². The Labute approximate surface area is 110 Å². The van der Waals surface area contributed by atoms with Gasteiger partial charge in [0, 0.05) is 6.20 Å². The monoisotopic (exact) mass is 263 g/mol. The lowest BCUT2D eigenvalue weighted by atomic mass is 10.0. The van der Waals surface area contributed by atoms with Crippen LogP contribution in [0.2, 0.25) is 5.15 Å². The van der Waals surface area contributed by atoms with Crippen LogP contribution < -0.4 is 0 Å². The number of rotatable bonds is 2. The van der Waals surface area contributed by atoms with Crippen molar-refractivity contribution in [3.63, 3.8) is 0 Å². The molecule has 1 N–H and O–H groups in total. The molecule has 0 aromatic carbocycles. The van der Waals surface area contributed by atoms with Crippen molar-refractivity contribution < 1.29 is 5.11 Å². The van der Waals surface area contributed by atoms with Crippen molar-refractivity contribution in [2.75, 3.05) is 6.61 Å². The van der Waals surface area contributed by atoms with Crippen LogP contribution in [-0.2, 0) is 0 Å². The zero-order valence-electron chi connectivity index (χ0n) is 10.0. The van der Waals surface area contributed by atoms with Crippen LogP contribution in [0.25, 0.3) is 11.0 Å². The molecule has 0 aliphatic heterocycles. The third kappa shape index (κ3) is 1.72. The Kier molecular flexibility index (Phi) is 2.84. The molecule has 94 valence electrons. The fraction of sp³-hybridized carbons (Fsp3) is 0.385. The first-order chi connectivity index (χ1) is 8.70. The van der Waals surface area contributed by atoms with E-state index in [1.165, 1.54) is 6.33 Å². The smallest absolute Gasteiger partial charge is 0.145 e. The van der Waals surface area contributed by atoms with Gasteiger partial charge in [-0.05, 0) is 24.0 Å². The number of aliphatic hydroxyl groups is 1. The summed E-state index contributed by atoms with van der Waals surface area (Å²) in [7, 11) is 0. The highest BCUT2D eigenvalue weighted by atomic mass is 35.5. The van der Waals surface area contributed by atoms with E-state index in [1.807, 2.05) is 12.3 Å². The molecule has 5 heteroatoms. The van der Waals surface area contributed by atoms with E-state index in [-0.39, 0.29) is 12.6 Å². The number of halogens is 1. The van der Waals surface area contributed by atoms with Crippen LogP contribution in [0, 0.1) is 5.92 Å². The number of nitrogens with zero attached hydrogens (tertiary/aromatic N) is 3. The fourth-order valence-electron chi connectivity index (χ4n) is 2.60. The highest BCUT2D eigenvalue weighted by Gasteiger charge is 2.24. The highest BCUT2D eigenvalue weighted by Crippen LogP contribution is 2.35. The van der Waals surface area contributed by atoms with Gasteiger partial charge in [0.2, 0.25) is 0 Å². The molecule has 4 nitrogen and oxygen atoms in total. The molecule has 1 aliphatic rings. The zero-order chi connectivity index (χ0) is 12.7. The summed E-state index contributed by atoms with van der Waals surface area (Å²) in [5.41, 5.74) is 1.95. The minimum atomic E-state index is 0.132. The molecule has 0 bridgehead atoms. The Hall–Kier alpha value is -1.39. The van der Waals surface area contributed by atoms with Crippen molar-refractivity contribution in [2.45, 2.75) is 19.4 Å². The van der Waals surface area contributed by atoms with Gasteiger partial charge in [-0.15, -0.1) is 0 Å². The largest absolute Gasteiger partial charge is 0.392 e. The maximum absolute atomic E-state index is 9.28. The minimum absolute atomic E-state index is 0.132. The number of hydrogen-bond donors (Lipinski definition) is 1. The van der Waals surface area contributed by atoms with Crippen LogP contribution in [0.15, 0.2) is 30.2 Å². The topological polar surface area (TPSA) is 50.9 Å². The second kappa shape index (κ2) is 4.37. The van der Waals surface area contributed by atoms with Crippen molar-refractivity contribution in [1.82, 2.24) is 14.5 Å². The molecule has 0 amide bonds. The molecule has 2 atom stereocenters. The molecule has 0 saturated carbocycles. The Balaban J connectivity index is 2.06. The summed E-state index contributed by atoms with van der Waals surface area (Å²) < 4.78 is 2.10. The van der Waals surface area contributed by atoms with Gasteiger partial charge in [-0.2, -0.15) is 0 Å². The van der Waals surface area contributed by atoms with Crippen LogP contribution >= 0.6 is 11.6 Å². The van der Waals surface area contributed by atoms with E-state index in [9.17, 15) is 5.11 Å². The SMILES string of the molecule is CC1CC(n2ccc3c(Cl)ncnc32)C=C1CO. The molecule has 0 fully saturated rings. The summed E-state index contributed by atoms with van der Waals surface area (Å²) in [5.74, 6) is 0.412. The summed E-state index contributed by atoms with van der Waals surface area (Å²) in [5, 5.41) is 10.6.